The van der Waals surface area contributed by atoms with Crippen LogP contribution in [0.1, 0.15) is 31.0 Å². The second-order valence-electron chi connectivity index (χ2n) is 4.18. The number of imidazole rings is 1. The van der Waals surface area contributed by atoms with Gasteiger partial charge in [0.1, 0.15) is 5.65 Å². The third-order valence-electron chi connectivity index (χ3n) is 2.67. The standard InChI is InChI=1S/C13H17N3O/c1-3-5-12(17)14-8-11-9-16-7-4-6-10(2)13(16)15-11/h4,6-7,9H,3,5,8H2,1-2H3,(H,14,17). The monoisotopic (exact) mass is 231 g/mol. The lowest BCUT2D eigenvalue weighted by atomic mass is 10.3. The highest BCUT2D eigenvalue weighted by molar-refractivity contribution is 5.75. The highest BCUT2D eigenvalue weighted by atomic mass is 16.1. The number of carbonyl (C=O) groups is 1. The van der Waals surface area contributed by atoms with Gasteiger partial charge in [0.15, 0.2) is 0 Å². The van der Waals surface area contributed by atoms with Crippen molar-refractivity contribution in [1.82, 2.24) is 14.7 Å². The maximum Gasteiger partial charge on any atom is 0.220 e. The predicted octanol–water partition coefficient (Wildman–Crippen LogP) is 2.06. The molecule has 1 N–H and O–H groups in total. The number of aryl methyl sites for hydroxylation is 1. The number of rotatable bonds is 4. The highest BCUT2D eigenvalue weighted by Gasteiger charge is 2.05. The molecular weight excluding hydrogens is 214 g/mol. The lowest BCUT2D eigenvalue weighted by molar-refractivity contribution is -0.121. The molecule has 2 aromatic heterocycles. The molecule has 1 amide bonds. The molecule has 0 radical (unpaired) electrons. The molecule has 0 bridgehead atoms. The second kappa shape index (κ2) is 4.99. The van der Waals surface area contributed by atoms with Crippen LogP contribution >= 0.6 is 0 Å². The summed E-state index contributed by atoms with van der Waals surface area (Å²) in [6.45, 7) is 4.52. The Bertz CT molecular complexity index is 530. The number of nitrogens with one attached hydrogen (secondary N) is 1. The smallest absolute Gasteiger partial charge is 0.220 e. The topological polar surface area (TPSA) is 46.4 Å². The molecule has 0 saturated heterocycles. The van der Waals surface area contributed by atoms with E-state index in [0.717, 1.165) is 23.3 Å². The van der Waals surface area contributed by atoms with Gasteiger partial charge >= 0.3 is 0 Å². The maximum atomic E-state index is 11.4. The van der Waals surface area contributed by atoms with Crippen LogP contribution in [-0.2, 0) is 11.3 Å². The van der Waals surface area contributed by atoms with Crippen molar-refractivity contribution in [2.45, 2.75) is 33.2 Å². The first-order valence-corrected chi connectivity index (χ1v) is 5.90. The molecule has 90 valence electrons. The molecule has 2 aromatic rings. The zero-order valence-electron chi connectivity index (χ0n) is 10.2. The fraction of sp³-hybridized carbons (Fsp3) is 0.385. The number of amides is 1. The van der Waals surface area contributed by atoms with E-state index in [2.05, 4.69) is 10.3 Å². The van der Waals surface area contributed by atoms with Gasteiger partial charge in [-0.3, -0.25) is 4.79 Å². The summed E-state index contributed by atoms with van der Waals surface area (Å²) in [4.78, 5) is 15.8. The molecule has 0 aromatic carbocycles. The first-order valence-electron chi connectivity index (χ1n) is 5.90. The highest BCUT2D eigenvalue weighted by Crippen LogP contribution is 2.09. The minimum Gasteiger partial charge on any atom is -0.350 e. The number of pyridine rings is 1. The van der Waals surface area contributed by atoms with E-state index < -0.39 is 0 Å². The molecular formula is C13H17N3O. The van der Waals surface area contributed by atoms with E-state index >= 15 is 0 Å². The van der Waals surface area contributed by atoms with Crippen molar-refractivity contribution < 1.29 is 4.79 Å². The average Bonchev–Trinajstić information content (AvgIpc) is 2.71. The lowest BCUT2D eigenvalue weighted by Gasteiger charge is -2.00. The number of carbonyl (C=O) groups excluding carboxylic acids is 1. The van der Waals surface area contributed by atoms with Crippen LogP contribution in [0, 0.1) is 6.92 Å². The van der Waals surface area contributed by atoms with Gasteiger partial charge in [0.25, 0.3) is 0 Å². The normalized spacial score (nSPS) is 10.7. The lowest BCUT2D eigenvalue weighted by Crippen LogP contribution is -2.22. The summed E-state index contributed by atoms with van der Waals surface area (Å²) in [5.41, 5.74) is 2.98. The third-order valence-corrected chi connectivity index (χ3v) is 2.67. The molecule has 0 saturated carbocycles. The minimum absolute atomic E-state index is 0.0845. The Hall–Kier alpha value is -1.84. The Morgan fingerprint density at radius 1 is 1.53 bits per heavy atom. The molecule has 0 aliphatic rings. The maximum absolute atomic E-state index is 11.4. The molecule has 2 heterocycles. The molecule has 0 spiro atoms. The van der Waals surface area contributed by atoms with E-state index in [-0.39, 0.29) is 5.91 Å². The van der Waals surface area contributed by atoms with Crippen LogP contribution < -0.4 is 5.32 Å². The van der Waals surface area contributed by atoms with Gasteiger partial charge in [0, 0.05) is 18.8 Å². The number of nitrogens with zero attached hydrogens (tertiary/aromatic N) is 2. The Morgan fingerprint density at radius 3 is 3.06 bits per heavy atom. The molecule has 0 atom stereocenters. The van der Waals surface area contributed by atoms with E-state index in [9.17, 15) is 4.79 Å². The Labute approximate surface area is 101 Å². The van der Waals surface area contributed by atoms with Crippen molar-refractivity contribution in [3.63, 3.8) is 0 Å². The zero-order valence-corrected chi connectivity index (χ0v) is 10.2. The zero-order chi connectivity index (χ0) is 12.3. The van der Waals surface area contributed by atoms with Crippen molar-refractivity contribution in [1.29, 1.82) is 0 Å². The SMILES string of the molecule is CCCC(=O)NCc1cn2cccc(C)c2n1. The minimum atomic E-state index is 0.0845. The molecule has 0 aliphatic carbocycles. The van der Waals surface area contributed by atoms with Crippen molar-refractivity contribution in [3.05, 3.63) is 35.8 Å². The molecule has 4 nitrogen and oxygen atoms in total. The van der Waals surface area contributed by atoms with Crippen LogP contribution in [0.15, 0.2) is 24.5 Å². The van der Waals surface area contributed by atoms with Gasteiger partial charge in [0.2, 0.25) is 5.91 Å². The van der Waals surface area contributed by atoms with Gasteiger partial charge in [-0.1, -0.05) is 13.0 Å². The summed E-state index contributed by atoms with van der Waals surface area (Å²) in [7, 11) is 0. The van der Waals surface area contributed by atoms with E-state index in [1.807, 2.05) is 42.8 Å². The van der Waals surface area contributed by atoms with Crippen LogP contribution in [0.4, 0.5) is 0 Å². The fourth-order valence-corrected chi connectivity index (χ4v) is 1.79. The van der Waals surface area contributed by atoms with E-state index in [1.54, 1.807) is 0 Å². The number of hydrogen-bond acceptors (Lipinski definition) is 2. The second-order valence-corrected chi connectivity index (χ2v) is 4.18. The average molecular weight is 231 g/mol. The molecule has 0 aliphatic heterocycles. The van der Waals surface area contributed by atoms with Crippen LogP contribution in [0.3, 0.4) is 0 Å². The summed E-state index contributed by atoms with van der Waals surface area (Å²) in [5, 5.41) is 2.87. The van der Waals surface area contributed by atoms with Gasteiger partial charge < -0.3 is 9.72 Å². The summed E-state index contributed by atoms with van der Waals surface area (Å²) < 4.78 is 1.98. The molecule has 4 heteroatoms. The summed E-state index contributed by atoms with van der Waals surface area (Å²) >= 11 is 0. The van der Waals surface area contributed by atoms with Crippen LogP contribution in [0.5, 0.6) is 0 Å². The Balaban J connectivity index is 2.10. The van der Waals surface area contributed by atoms with E-state index in [4.69, 9.17) is 0 Å². The van der Waals surface area contributed by atoms with Gasteiger partial charge in [-0.15, -0.1) is 0 Å². The molecule has 2 rings (SSSR count). The third kappa shape index (κ3) is 2.64. The summed E-state index contributed by atoms with van der Waals surface area (Å²) in [6, 6.07) is 4.02. The molecule has 17 heavy (non-hydrogen) atoms. The summed E-state index contributed by atoms with van der Waals surface area (Å²) in [6.07, 6.45) is 5.36. The van der Waals surface area contributed by atoms with Crippen LogP contribution in [-0.4, -0.2) is 15.3 Å². The van der Waals surface area contributed by atoms with Crippen molar-refractivity contribution in [2.75, 3.05) is 0 Å². The molecule has 0 fully saturated rings. The van der Waals surface area contributed by atoms with Gasteiger partial charge in [-0.25, -0.2) is 4.98 Å². The largest absolute Gasteiger partial charge is 0.350 e. The Morgan fingerprint density at radius 2 is 2.35 bits per heavy atom. The van der Waals surface area contributed by atoms with Gasteiger partial charge in [-0.05, 0) is 25.0 Å². The quantitative estimate of drug-likeness (QED) is 0.875. The predicted molar refractivity (Wildman–Crippen MR) is 66.7 cm³/mol. The first kappa shape index (κ1) is 11.6. The number of fused-ring (bicyclic) bond motifs is 1. The fourth-order valence-electron chi connectivity index (χ4n) is 1.79. The van der Waals surface area contributed by atoms with Crippen molar-refractivity contribution in [3.8, 4) is 0 Å². The van der Waals surface area contributed by atoms with Crippen molar-refractivity contribution in [2.24, 2.45) is 0 Å². The molecule has 0 unspecified atom stereocenters. The van der Waals surface area contributed by atoms with E-state index in [0.29, 0.717) is 13.0 Å². The number of aromatic nitrogens is 2. The van der Waals surface area contributed by atoms with Gasteiger partial charge in [0.05, 0.1) is 12.2 Å². The van der Waals surface area contributed by atoms with E-state index in [1.165, 1.54) is 0 Å². The number of hydrogen-bond donors (Lipinski definition) is 1. The first-order chi connectivity index (χ1) is 8.20. The van der Waals surface area contributed by atoms with Crippen LogP contribution in [0.2, 0.25) is 0 Å². The Kier molecular flexibility index (Phi) is 3.42. The van der Waals surface area contributed by atoms with Crippen LogP contribution in [0.25, 0.3) is 5.65 Å². The van der Waals surface area contributed by atoms with Gasteiger partial charge in [-0.2, -0.15) is 0 Å². The summed E-state index contributed by atoms with van der Waals surface area (Å²) in [5.74, 6) is 0.0845. The van der Waals surface area contributed by atoms with Crippen molar-refractivity contribution >= 4 is 11.6 Å².